The van der Waals surface area contributed by atoms with Gasteiger partial charge < -0.3 is 5.11 Å². The SMILES string of the molecule is CCC[C@H](C)CCCCCCCO. The van der Waals surface area contributed by atoms with Crippen LogP contribution in [-0.4, -0.2) is 11.7 Å². The predicted molar refractivity (Wildman–Crippen MR) is 58.9 cm³/mol. The van der Waals surface area contributed by atoms with Crippen molar-refractivity contribution in [2.75, 3.05) is 6.61 Å². The van der Waals surface area contributed by atoms with E-state index in [1.54, 1.807) is 0 Å². The molecule has 0 aromatic rings. The van der Waals surface area contributed by atoms with Crippen molar-refractivity contribution in [3.8, 4) is 0 Å². The van der Waals surface area contributed by atoms with Crippen molar-refractivity contribution in [1.29, 1.82) is 0 Å². The fourth-order valence-corrected chi connectivity index (χ4v) is 1.77. The number of unbranched alkanes of at least 4 members (excludes halogenated alkanes) is 4. The van der Waals surface area contributed by atoms with Crippen LogP contribution in [0.25, 0.3) is 0 Å². The van der Waals surface area contributed by atoms with Crippen molar-refractivity contribution in [1.82, 2.24) is 0 Å². The Balaban J connectivity index is 2.97. The highest BCUT2D eigenvalue weighted by Gasteiger charge is 1.99. The van der Waals surface area contributed by atoms with E-state index in [1.807, 2.05) is 0 Å². The number of aliphatic hydroxyl groups is 1. The number of aliphatic hydroxyl groups excluding tert-OH is 1. The maximum atomic E-state index is 8.58. The first-order chi connectivity index (χ1) is 6.31. The van der Waals surface area contributed by atoms with Crippen LogP contribution in [0.1, 0.15) is 65.2 Å². The Labute approximate surface area is 83.5 Å². The van der Waals surface area contributed by atoms with Crippen molar-refractivity contribution >= 4 is 0 Å². The van der Waals surface area contributed by atoms with E-state index in [0.29, 0.717) is 6.61 Å². The molecule has 0 aromatic carbocycles. The van der Waals surface area contributed by atoms with E-state index in [1.165, 1.54) is 44.9 Å². The lowest BCUT2D eigenvalue weighted by Crippen LogP contribution is -1.93. The predicted octanol–water partition coefficient (Wildman–Crippen LogP) is 3.76. The Kier molecular flexibility index (Phi) is 10.0. The second-order valence-corrected chi connectivity index (χ2v) is 4.17. The third kappa shape index (κ3) is 9.88. The van der Waals surface area contributed by atoms with Gasteiger partial charge in [0.1, 0.15) is 0 Å². The minimum Gasteiger partial charge on any atom is -0.396 e. The summed E-state index contributed by atoms with van der Waals surface area (Å²) in [7, 11) is 0. The van der Waals surface area contributed by atoms with Crippen LogP contribution in [0.2, 0.25) is 0 Å². The Bertz CT molecular complexity index is 91.1. The Morgan fingerprint density at radius 2 is 1.54 bits per heavy atom. The summed E-state index contributed by atoms with van der Waals surface area (Å²) in [6.45, 7) is 4.99. The molecule has 1 atom stereocenters. The molecule has 0 saturated heterocycles. The summed E-state index contributed by atoms with van der Waals surface area (Å²) in [4.78, 5) is 0. The molecule has 1 N–H and O–H groups in total. The van der Waals surface area contributed by atoms with E-state index in [4.69, 9.17) is 5.11 Å². The highest BCUT2D eigenvalue weighted by molar-refractivity contribution is 4.53. The summed E-state index contributed by atoms with van der Waals surface area (Å²) in [5.41, 5.74) is 0. The quantitative estimate of drug-likeness (QED) is 0.544. The van der Waals surface area contributed by atoms with Crippen LogP contribution < -0.4 is 0 Å². The van der Waals surface area contributed by atoms with Crippen LogP contribution in [0.4, 0.5) is 0 Å². The van der Waals surface area contributed by atoms with Gasteiger partial charge in [0, 0.05) is 6.61 Å². The molecular weight excluding hydrogens is 160 g/mol. The molecular formula is C12H26O. The number of hydrogen-bond acceptors (Lipinski definition) is 1. The van der Waals surface area contributed by atoms with Gasteiger partial charge in [-0.3, -0.25) is 0 Å². The van der Waals surface area contributed by atoms with Gasteiger partial charge in [0.2, 0.25) is 0 Å². The van der Waals surface area contributed by atoms with Crippen molar-refractivity contribution in [3.63, 3.8) is 0 Å². The van der Waals surface area contributed by atoms with Gasteiger partial charge in [-0.05, 0) is 12.3 Å². The molecule has 13 heavy (non-hydrogen) atoms. The van der Waals surface area contributed by atoms with Crippen LogP contribution in [0.3, 0.4) is 0 Å². The fourth-order valence-electron chi connectivity index (χ4n) is 1.77. The van der Waals surface area contributed by atoms with Crippen molar-refractivity contribution in [3.05, 3.63) is 0 Å². The average Bonchev–Trinajstić information content (AvgIpc) is 2.11. The van der Waals surface area contributed by atoms with Crippen LogP contribution in [0.5, 0.6) is 0 Å². The minimum atomic E-state index is 0.367. The molecule has 1 nitrogen and oxygen atoms in total. The summed E-state index contributed by atoms with van der Waals surface area (Å²) in [6, 6.07) is 0. The van der Waals surface area contributed by atoms with Gasteiger partial charge in [-0.15, -0.1) is 0 Å². The van der Waals surface area contributed by atoms with Gasteiger partial charge in [-0.1, -0.05) is 58.8 Å². The Hall–Kier alpha value is -0.0400. The lowest BCUT2D eigenvalue weighted by atomic mass is 9.98. The molecule has 0 spiro atoms. The second kappa shape index (κ2) is 10.0. The second-order valence-electron chi connectivity index (χ2n) is 4.17. The number of hydrogen-bond donors (Lipinski definition) is 1. The van der Waals surface area contributed by atoms with E-state index in [-0.39, 0.29) is 0 Å². The summed E-state index contributed by atoms with van der Waals surface area (Å²) >= 11 is 0. The average molecular weight is 186 g/mol. The van der Waals surface area contributed by atoms with Gasteiger partial charge in [0.05, 0.1) is 0 Å². The molecule has 1 heteroatoms. The molecule has 80 valence electrons. The van der Waals surface area contributed by atoms with Crippen LogP contribution in [0, 0.1) is 5.92 Å². The first-order valence-corrected chi connectivity index (χ1v) is 5.92. The maximum absolute atomic E-state index is 8.58. The van der Waals surface area contributed by atoms with E-state index < -0.39 is 0 Å². The molecule has 0 saturated carbocycles. The van der Waals surface area contributed by atoms with Gasteiger partial charge in [-0.2, -0.15) is 0 Å². The van der Waals surface area contributed by atoms with E-state index in [9.17, 15) is 0 Å². The molecule has 0 fully saturated rings. The molecule has 0 heterocycles. The first kappa shape index (κ1) is 13.0. The monoisotopic (exact) mass is 186 g/mol. The molecule has 0 aliphatic carbocycles. The van der Waals surface area contributed by atoms with E-state index in [2.05, 4.69) is 13.8 Å². The summed E-state index contributed by atoms with van der Waals surface area (Å²) in [5.74, 6) is 0.919. The van der Waals surface area contributed by atoms with Crippen LogP contribution in [-0.2, 0) is 0 Å². The van der Waals surface area contributed by atoms with Gasteiger partial charge in [0.15, 0.2) is 0 Å². The van der Waals surface area contributed by atoms with Crippen LogP contribution in [0.15, 0.2) is 0 Å². The molecule has 0 aromatic heterocycles. The third-order valence-electron chi connectivity index (χ3n) is 2.64. The Morgan fingerprint density at radius 1 is 0.923 bits per heavy atom. The van der Waals surface area contributed by atoms with E-state index >= 15 is 0 Å². The Morgan fingerprint density at radius 3 is 2.15 bits per heavy atom. The third-order valence-corrected chi connectivity index (χ3v) is 2.64. The van der Waals surface area contributed by atoms with Crippen molar-refractivity contribution in [2.24, 2.45) is 5.92 Å². The topological polar surface area (TPSA) is 20.2 Å². The van der Waals surface area contributed by atoms with Gasteiger partial charge in [0.25, 0.3) is 0 Å². The fraction of sp³-hybridized carbons (Fsp3) is 1.00. The minimum absolute atomic E-state index is 0.367. The molecule has 0 amide bonds. The van der Waals surface area contributed by atoms with Crippen molar-refractivity contribution < 1.29 is 5.11 Å². The van der Waals surface area contributed by atoms with Gasteiger partial charge >= 0.3 is 0 Å². The zero-order chi connectivity index (χ0) is 9.94. The smallest absolute Gasteiger partial charge is 0.0431 e. The van der Waals surface area contributed by atoms with Gasteiger partial charge in [-0.25, -0.2) is 0 Å². The first-order valence-electron chi connectivity index (χ1n) is 5.92. The standard InChI is InChI=1S/C12H26O/c1-3-9-12(2)10-7-5-4-6-8-11-13/h12-13H,3-11H2,1-2H3/t12-/m0/s1. The molecule has 0 aliphatic heterocycles. The summed E-state index contributed by atoms with van der Waals surface area (Å²) in [6.07, 6.45) is 10.3. The molecule has 0 radical (unpaired) electrons. The zero-order valence-corrected chi connectivity index (χ0v) is 9.39. The normalized spacial score (nSPS) is 13.2. The molecule has 0 aliphatic rings. The zero-order valence-electron chi connectivity index (χ0n) is 9.39. The maximum Gasteiger partial charge on any atom is 0.0431 e. The summed E-state index contributed by atoms with van der Waals surface area (Å²) in [5, 5.41) is 8.58. The van der Waals surface area contributed by atoms with Crippen molar-refractivity contribution in [2.45, 2.75) is 65.2 Å². The highest BCUT2D eigenvalue weighted by atomic mass is 16.2. The molecule has 0 bridgehead atoms. The summed E-state index contributed by atoms with van der Waals surface area (Å²) < 4.78 is 0. The molecule has 0 unspecified atom stereocenters. The van der Waals surface area contributed by atoms with E-state index in [0.717, 1.165) is 12.3 Å². The molecule has 0 rings (SSSR count). The lowest BCUT2D eigenvalue weighted by molar-refractivity contribution is 0.282. The highest BCUT2D eigenvalue weighted by Crippen LogP contribution is 2.15. The van der Waals surface area contributed by atoms with Crippen LogP contribution >= 0.6 is 0 Å². The largest absolute Gasteiger partial charge is 0.396 e. The lowest BCUT2D eigenvalue weighted by Gasteiger charge is -2.08. The number of rotatable bonds is 9.